The van der Waals surface area contributed by atoms with E-state index in [0.29, 0.717) is 14.8 Å². The summed E-state index contributed by atoms with van der Waals surface area (Å²) in [6, 6.07) is 7.11. The van der Waals surface area contributed by atoms with Crippen LogP contribution in [-0.4, -0.2) is 23.3 Å². The van der Waals surface area contributed by atoms with E-state index >= 15 is 0 Å². The molecule has 114 valence electrons. The Morgan fingerprint density at radius 1 is 1.32 bits per heavy atom. The number of thiophene rings is 1. The molecule has 2 rings (SSSR count). The number of rotatable bonds is 5. The number of carbonyl (C=O) groups excluding carboxylic acids is 2. The third kappa shape index (κ3) is 3.69. The second-order valence-corrected chi connectivity index (χ2v) is 6.08. The summed E-state index contributed by atoms with van der Waals surface area (Å²) in [5.41, 5.74) is 0.283. The van der Waals surface area contributed by atoms with E-state index in [9.17, 15) is 19.7 Å². The molecule has 0 spiro atoms. The second-order valence-electron chi connectivity index (χ2n) is 4.36. The van der Waals surface area contributed by atoms with Crippen molar-refractivity contribution in [2.24, 2.45) is 0 Å². The molecule has 0 aliphatic heterocycles. The molecule has 0 unspecified atom stereocenters. The summed E-state index contributed by atoms with van der Waals surface area (Å²) < 4.78 is 5.34. The zero-order chi connectivity index (χ0) is 16.3. The Bertz CT molecular complexity index is 755. The van der Waals surface area contributed by atoms with Gasteiger partial charge in [0.15, 0.2) is 6.61 Å². The van der Waals surface area contributed by atoms with Gasteiger partial charge in [-0.3, -0.25) is 14.9 Å². The first-order valence-electron chi connectivity index (χ1n) is 6.09. The van der Waals surface area contributed by atoms with Crippen molar-refractivity contribution >= 4 is 40.4 Å². The highest BCUT2D eigenvalue weighted by Gasteiger charge is 2.17. The van der Waals surface area contributed by atoms with E-state index < -0.39 is 17.5 Å². The summed E-state index contributed by atoms with van der Waals surface area (Å²) in [5, 5.41) is 10.8. The summed E-state index contributed by atoms with van der Waals surface area (Å²) >= 11 is 6.81. The lowest BCUT2D eigenvalue weighted by Crippen LogP contribution is -2.13. The van der Waals surface area contributed by atoms with Gasteiger partial charge in [-0.15, -0.1) is 11.3 Å². The molecule has 0 bridgehead atoms. The first-order valence-corrected chi connectivity index (χ1v) is 7.28. The van der Waals surface area contributed by atoms with Gasteiger partial charge in [0.25, 0.3) is 5.69 Å². The Morgan fingerprint density at radius 3 is 2.64 bits per heavy atom. The van der Waals surface area contributed by atoms with Gasteiger partial charge < -0.3 is 4.74 Å². The van der Waals surface area contributed by atoms with E-state index in [4.69, 9.17) is 16.3 Å². The van der Waals surface area contributed by atoms with E-state index in [-0.39, 0.29) is 17.0 Å². The minimum Gasteiger partial charge on any atom is -0.454 e. The Morgan fingerprint density at radius 2 is 2.05 bits per heavy atom. The van der Waals surface area contributed by atoms with E-state index in [1.807, 2.05) is 0 Å². The molecule has 0 radical (unpaired) electrons. The van der Waals surface area contributed by atoms with Gasteiger partial charge in [0.05, 0.1) is 19.7 Å². The quantitative estimate of drug-likeness (QED) is 0.359. The standard InChI is InChI=1S/C14H10ClNO5S/c1-8-2-3-9(6-10(8)16(19)20)14(18)21-7-11(17)12-4-5-13(15)22-12/h2-6H,7H2,1H3. The first-order chi connectivity index (χ1) is 10.4. The number of ether oxygens (including phenoxy) is 1. The van der Waals surface area contributed by atoms with Crippen LogP contribution in [0.3, 0.4) is 0 Å². The third-order valence-corrected chi connectivity index (χ3v) is 4.10. The largest absolute Gasteiger partial charge is 0.454 e. The fraction of sp³-hybridized carbons (Fsp3) is 0.143. The molecule has 0 aliphatic rings. The number of ketones is 1. The SMILES string of the molecule is Cc1ccc(C(=O)OCC(=O)c2ccc(Cl)s2)cc1[N+](=O)[O-]. The number of nitrogens with zero attached hydrogens (tertiary/aromatic N) is 1. The number of nitro groups is 1. The minimum atomic E-state index is -0.792. The average Bonchev–Trinajstić information content (AvgIpc) is 2.91. The Labute approximate surface area is 134 Å². The smallest absolute Gasteiger partial charge is 0.338 e. The number of esters is 1. The maximum atomic E-state index is 11.9. The van der Waals surface area contributed by atoms with Gasteiger partial charge in [0.2, 0.25) is 5.78 Å². The number of Topliss-reactive ketones (excluding diaryl/α,β-unsaturated/α-hetero) is 1. The summed E-state index contributed by atoms with van der Waals surface area (Å²) in [4.78, 5) is 34.3. The van der Waals surface area contributed by atoms with Crippen LogP contribution in [0.1, 0.15) is 25.6 Å². The lowest BCUT2D eigenvalue weighted by molar-refractivity contribution is -0.385. The van der Waals surface area contributed by atoms with Crippen molar-refractivity contribution in [2.45, 2.75) is 6.92 Å². The van der Waals surface area contributed by atoms with Crippen molar-refractivity contribution in [2.75, 3.05) is 6.61 Å². The highest BCUT2D eigenvalue weighted by atomic mass is 35.5. The molecule has 1 aromatic heterocycles. The van der Waals surface area contributed by atoms with Gasteiger partial charge in [-0.1, -0.05) is 17.7 Å². The molecular formula is C14H10ClNO5S. The zero-order valence-corrected chi connectivity index (χ0v) is 12.9. The summed E-state index contributed by atoms with van der Waals surface area (Å²) in [5.74, 6) is -1.18. The number of nitro benzene ring substituents is 1. The number of carbonyl (C=O) groups is 2. The molecule has 22 heavy (non-hydrogen) atoms. The summed E-state index contributed by atoms with van der Waals surface area (Å²) in [7, 11) is 0. The van der Waals surface area contributed by atoms with Crippen molar-refractivity contribution in [3.63, 3.8) is 0 Å². The molecule has 0 amide bonds. The van der Waals surface area contributed by atoms with E-state index in [1.54, 1.807) is 19.1 Å². The van der Waals surface area contributed by atoms with Crippen LogP contribution in [0.2, 0.25) is 4.34 Å². The van der Waals surface area contributed by atoms with Crippen LogP contribution < -0.4 is 0 Å². The number of halogens is 1. The Balaban J connectivity index is 2.05. The monoisotopic (exact) mass is 339 g/mol. The molecule has 1 aromatic carbocycles. The lowest BCUT2D eigenvalue weighted by Gasteiger charge is -2.04. The topological polar surface area (TPSA) is 86.5 Å². The average molecular weight is 340 g/mol. The number of aryl methyl sites for hydroxylation is 1. The van der Waals surface area contributed by atoms with Crippen molar-refractivity contribution in [3.8, 4) is 0 Å². The maximum Gasteiger partial charge on any atom is 0.338 e. The van der Waals surface area contributed by atoms with Gasteiger partial charge >= 0.3 is 5.97 Å². The summed E-state index contributed by atoms with van der Waals surface area (Å²) in [6.07, 6.45) is 0. The van der Waals surface area contributed by atoms with Crippen molar-refractivity contribution < 1.29 is 19.2 Å². The number of hydrogen-bond donors (Lipinski definition) is 0. The first kappa shape index (κ1) is 16.1. The lowest BCUT2D eigenvalue weighted by atomic mass is 10.1. The highest BCUT2D eigenvalue weighted by Crippen LogP contribution is 2.22. The number of benzene rings is 1. The zero-order valence-electron chi connectivity index (χ0n) is 11.4. The third-order valence-electron chi connectivity index (χ3n) is 2.82. The fourth-order valence-electron chi connectivity index (χ4n) is 1.68. The Hall–Kier alpha value is -2.25. The molecule has 1 heterocycles. The fourth-order valence-corrected chi connectivity index (χ4v) is 2.65. The number of hydrogen-bond acceptors (Lipinski definition) is 6. The summed E-state index contributed by atoms with van der Waals surface area (Å²) in [6.45, 7) is 1.12. The van der Waals surface area contributed by atoms with Crippen LogP contribution in [-0.2, 0) is 4.74 Å². The van der Waals surface area contributed by atoms with Crippen LogP contribution in [0.25, 0.3) is 0 Å². The van der Waals surface area contributed by atoms with Crippen LogP contribution in [0.4, 0.5) is 5.69 Å². The van der Waals surface area contributed by atoms with Crippen molar-refractivity contribution in [1.29, 1.82) is 0 Å². The van der Waals surface area contributed by atoms with Crippen LogP contribution in [0, 0.1) is 17.0 Å². The van der Waals surface area contributed by atoms with Crippen LogP contribution in [0.5, 0.6) is 0 Å². The minimum absolute atomic E-state index is 0.0225. The van der Waals surface area contributed by atoms with E-state index in [0.717, 1.165) is 17.4 Å². The van der Waals surface area contributed by atoms with Gasteiger partial charge in [-0.25, -0.2) is 4.79 Å². The molecule has 8 heteroatoms. The van der Waals surface area contributed by atoms with Gasteiger partial charge in [-0.05, 0) is 25.1 Å². The molecule has 0 saturated carbocycles. The normalized spacial score (nSPS) is 10.3. The van der Waals surface area contributed by atoms with E-state index in [1.165, 1.54) is 12.1 Å². The molecule has 2 aromatic rings. The van der Waals surface area contributed by atoms with Crippen molar-refractivity contribution in [3.05, 3.63) is 60.8 Å². The molecule has 0 aliphatic carbocycles. The predicted octanol–water partition coefficient (Wildman–Crippen LogP) is 3.66. The molecule has 0 fully saturated rings. The van der Waals surface area contributed by atoms with Gasteiger partial charge in [0.1, 0.15) is 0 Å². The Kier molecular flexibility index (Phi) is 4.89. The van der Waals surface area contributed by atoms with Gasteiger partial charge in [-0.2, -0.15) is 0 Å². The van der Waals surface area contributed by atoms with Crippen LogP contribution in [0.15, 0.2) is 30.3 Å². The highest BCUT2D eigenvalue weighted by molar-refractivity contribution is 7.18. The predicted molar refractivity (Wildman–Crippen MR) is 81.8 cm³/mol. The molecule has 0 saturated heterocycles. The maximum absolute atomic E-state index is 11.9. The molecule has 0 atom stereocenters. The molecule has 6 nitrogen and oxygen atoms in total. The van der Waals surface area contributed by atoms with Crippen molar-refractivity contribution in [1.82, 2.24) is 0 Å². The molecular weight excluding hydrogens is 330 g/mol. The molecule has 0 N–H and O–H groups in total. The second kappa shape index (κ2) is 6.67. The van der Waals surface area contributed by atoms with Crippen LogP contribution >= 0.6 is 22.9 Å². The van der Waals surface area contributed by atoms with E-state index in [2.05, 4.69) is 0 Å². The van der Waals surface area contributed by atoms with Gasteiger partial charge in [0, 0.05) is 11.6 Å².